The summed E-state index contributed by atoms with van der Waals surface area (Å²) in [4.78, 5) is 15.4. The molecule has 1 fully saturated rings. The van der Waals surface area contributed by atoms with Crippen molar-refractivity contribution in [2.75, 3.05) is 33.3 Å². The molecule has 0 amide bonds. The average Bonchev–Trinajstić information content (AvgIpc) is 3.30. The first-order chi connectivity index (χ1) is 14.7. The summed E-state index contributed by atoms with van der Waals surface area (Å²) < 4.78 is 5.23. The molecule has 0 radical (unpaired) electrons. The van der Waals surface area contributed by atoms with Crippen molar-refractivity contribution >= 4 is 28.4 Å². The summed E-state index contributed by atoms with van der Waals surface area (Å²) >= 11 is 1.64. The molecule has 0 aliphatic carbocycles. The fourth-order valence-electron chi connectivity index (χ4n) is 3.78. The number of aromatic nitrogens is 3. The number of fused-ring (bicyclic) bond motifs is 1. The highest BCUT2D eigenvalue weighted by Gasteiger charge is 2.22. The summed E-state index contributed by atoms with van der Waals surface area (Å²) in [5.74, 6) is 0.528. The Kier molecular flexibility index (Phi) is 7.01. The van der Waals surface area contributed by atoms with Gasteiger partial charge in [0, 0.05) is 48.5 Å². The normalized spacial score (nSPS) is 17.0. The first-order valence-corrected chi connectivity index (χ1v) is 11.1. The van der Waals surface area contributed by atoms with Gasteiger partial charge >= 0.3 is 0 Å². The summed E-state index contributed by atoms with van der Waals surface area (Å²) in [5.41, 5.74) is 2.26. The van der Waals surface area contributed by atoms with E-state index in [2.05, 4.69) is 37.3 Å². The first-order valence-electron chi connectivity index (χ1n) is 10.2. The van der Waals surface area contributed by atoms with Gasteiger partial charge in [-0.05, 0) is 44.1 Å². The number of hydrogen-bond acceptors (Lipinski definition) is 8. The third-order valence-corrected chi connectivity index (χ3v) is 6.15. The highest BCUT2D eigenvalue weighted by atomic mass is 32.1. The van der Waals surface area contributed by atoms with Crippen LogP contribution in [0.25, 0.3) is 17.1 Å². The van der Waals surface area contributed by atoms with Crippen LogP contribution in [0, 0.1) is 0 Å². The molecular weight excluding hydrogens is 398 g/mol. The van der Waals surface area contributed by atoms with E-state index < -0.39 is 6.10 Å². The Hall–Kier alpha value is -2.39. The molecule has 0 unspecified atom stereocenters. The Labute approximate surface area is 180 Å². The third kappa shape index (κ3) is 5.20. The van der Waals surface area contributed by atoms with Gasteiger partial charge in [-0.2, -0.15) is 0 Å². The lowest BCUT2D eigenvalue weighted by Gasteiger charge is -2.33. The van der Waals surface area contributed by atoms with Crippen molar-refractivity contribution in [1.29, 1.82) is 0 Å². The molecule has 8 heteroatoms. The van der Waals surface area contributed by atoms with Crippen molar-refractivity contribution < 1.29 is 9.84 Å². The van der Waals surface area contributed by atoms with Gasteiger partial charge in [-0.3, -0.25) is 4.98 Å². The summed E-state index contributed by atoms with van der Waals surface area (Å²) in [7, 11) is 1.59. The second-order valence-corrected chi connectivity index (χ2v) is 8.32. The number of nitrogens with zero attached hydrogens (tertiary/aromatic N) is 4. The number of aliphatic hydroxyl groups is 1. The summed E-state index contributed by atoms with van der Waals surface area (Å²) in [5, 5.41) is 17.5. The van der Waals surface area contributed by atoms with Gasteiger partial charge in [0.2, 0.25) is 5.88 Å². The number of aliphatic hydroxyl groups excluding tert-OH is 1. The quantitative estimate of drug-likeness (QED) is 0.574. The molecule has 3 aromatic rings. The Morgan fingerprint density at radius 3 is 2.90 bits per heavy atom. The van der Waals surface area contributed by atoms with Crippen molar-refractivity contribution in [2.24, 2.45) is 0 Å². The lowest BCUT2D eigenvalue weighted by molar-refractivity contribution is 0.0953. The average molecular weight is 426 g/mol. The standard InChI is InChI=1S/C22H27N5O2S/c1-29-20-5-4-18-22(26-20)17(6-10-24-18)19(28)15-27-12-7-16(8-13-27)23-9-2-3-21-25-11-14-30-21/h2-6,10-11,14,16,19,23,28H,7-9,12-13,15H2,1H3/t19-/m0/s1. The lowest BCUT2D eigenvalue weighted by atomic mass is 10.0. The maximum absolute atomic E-state index is 10.9. The summed E-state index contributed by atoms with van der Waals surface area (Å²) in [6.45, 7) is 3.37. The minimum atomic E-state index is -0.610. The molecule has 1 aliphatic heterocycles. The van der Waals surface area contributed by atoms with E-state index in [4.69, 9.17) is 4.74 Å². The number of hydrogen-bond donors (Lipinski definition) is 2. The second-order valence-electron chi connectivity index (χ2n) is 7.39. The summed E-state index contributed by atoms with van der Waals surface area (Å²) in [6, 6.07) is 6.02. The minimum Gasteiger partial charge on any atom is -0.481 e. The Balaban J connectivity index is 1.28. The Bertz CT molecular complexity index is 971. The smallest absolute Gasteiger partial charge is 0.213 e. The van der Waals surface area contributed by atoms with Crippen LogP contribution in [0.15, 0.2) is 42.0 Å². The molecule has 4 rings (SSSR count). The van der Waals surface area contributed by atoms with Crippen LogP contribution >= 0.6 is 11.3 Å². The van der Waals surface area contributed by atoms with Crippen LogP contribution in [0.2, 0.25) is 0 Å². The van der Waals surface area contributed by atoms with Gasteiger partial charge in [0.05, 0.1) is 24.2 Å². The summed E-state index contributed by atoms with van der Waals surface area (Å²) in [6.07, 6.45) is 9.27. The lowest BCUT2D eigenvalue weighted by Crippen LogP contribution is -2.43. The number of β-amino-alcohol motifs (C(OH)–C–C–N with tert-alkyl or cyclic N) is 1. The van der Waals surface area contributed by atoms with Crippen LogP contribution in [-0.4, -0.2) is 64.3 Å². The fourth-order valence-corrected chi connectivity index (χ4v) is 4.34. The van der Waals surface area contributed by atoms with Crippen LogP contribution < -0.4 is 10.1 Å². The van der Waals surface area contributed by atoms with Gasteiger partial charge in [-0.1, -0.05) is 6.08 Å². The molecule has 4 heterocycles. The van der Waals surface area contributed by atoms with Crippen LogP contribution in [0.3, 0.4) is 0 Å². The van der Waals surface area contributed by atoms with Crippen molar-refractivity contribution in [2.45, 2.75) is 25.0 Å². The molecule has 0 aromatic carbocycles. The van der Waals surface area contributed by atoms with Crippen molar-refractivity contribution in [3.8, 4) is 5.88 Å². The number of piperidine rings is 1. The predicted molar refractivity (Wildman–Crippen MR) is 120 cm³/mol. The molecule has 1 aliphatic rings. The molecule has 3 aromatic heterocycles. The minimum absolute atomic E-state index is 0.507. The number of likely N-dealkylation sites (tertiary alicyclic amines) is 1. The molecule has 0 spiro atoms. The number of nitrogens with one attached hydrogen (secondary N) is 1. The maximum atomic E-state index is 10.9. The maximum Gasteiger partial charge on any atom is 0.213 e. The van der Waals surface area contributed by atoms with E-state index in [-0.39, 0.29) is 0 Å². The van der Waals surface area contributed by atoms with E-state index in [1.165, 1.54) is 0 Å². The predicted octanol–water partition coefficient (Wildman–Crippen LogP) is 2.90. The number of pyridine rings is 2. The Morgan fingerprint density at radius 2 is 2.13 bits per heavy atom. The van der Waals surface area contributed by atoms with Gasteiger partial charge in [0.1, 0.15) is 5.01 Å². The SMILES string of the molecule is COc1ccc2nccc([C@@H](O)CN3CCC(NCC=Cc4nccs4)CC3)c2n1. The highest BCUT2D eigenvalue weighted by Crippen LogP contribution is 2.25. The monoisotopic (exact) mass is 425 g/mol. The van der Waals surface area contributed by atoms with E-state index in [9.17, 15) is 5.11 Å². The number of ether oxygens (including phenoxy) is 1. The molecule has 0 bridgehead atoms. The van der Waals surface area contributed by atoms with Crippen LogP contribution in [0.4, 0.5) is 0 Å². The van der Waals surface area contributed by atoms with Crippen LogP contribution in [-0.2, 0) is 0 Å². The van der Waals surface area contributed by atoms with E-state index in [0.717, 1.165) is 48.6 Å². The molecule has 158 valence electrons. The van der Waals surface area contributed by atoms with E-state index in [1.54, 1.807) is 30.7 Å². The van der Waals surface area contributed by atoms with Gasteiger partial charge in [0.15, 0.2) is 0 Å². The van der Waals surface area contributed by atoms with E-state index >= 15 is 0 Å². The molecule has 1 saturated heterocycles. The molecule has 1 atom stereocenters. The first kappa shape index (κ1) is 20.9. The second kappa shape index (κ2) is 10.1. The number of thiazole rings is 1. The zero-order chi connectivity index (χ0) is 20.8. The van der Waals surface area contributed by atoms with Gasteiger partial charge in [-0.25, -0.2) is 9.97 Å². The van der Waals surface area contributed by atoms with Crippen LogP contribution in [0.1, 0.15) is 29.5 Å². The molecular formula is C22H27N5O2S. The largest absolute Gasteiger partial charge is 0.481 e. The third-order valence-electron chi connectivity index (χ3n) is 5.41. The van der Waals surface area contributed by atoms with Gasteiger partial charge in [-0.15, -0.1) is 11.3 Å². The van der Waals surface area contributed by atoms with Crippen LogP contribution in [0.5, 0.6) is 5.88 Å². The zero-order valence-electron chi connectivity index (χ0n) is 17.1. The molecule has 7 nitrogen and oxygen atoms in total. The number of rotatable bonds is 8. The topological polar surface area (TPSA) is 83.4 Å². The highest BCUT2D eigenvalue weighted by molar-refractivity contribution is 7.10. The van der Waals surface area contributed by atoms with Crippen molar-refractivity contribution in [1.82, 2.24) is 25.2 Å². The van der Waals surface area contributed by atoms with E-state index in [0.29, 0.717) is 24.0 Å². The Morgan fingerprint density at radius 1 is 1.27 bits per heavy atom. The fraction of sp³-hybridized carbons (Fsp3) is 0.409. The zero-order valence-corrected chi connectivity index (χ0v) is 17.9. The van der Waals surface area contributed by atoms with Crippen molar-refractivity contribution in [3.63, 3.8) is 0 Å². The van der Waals surface area contributed by atoms with Crippen molar-refractivity contribution in [3.05, 3.63) is 52.6 Å². The number of methoxy groups -OCH3 is 1. The van der Waals surface area contributed by atoms with Gasteiger partial charge in [0.25, 0.3) is 0 Å². The molecule has 0 saturated carbocycles. The van der Waals surface area contributed by atoms with E-state index in [1.807, 2.05) is 23.7 Å². The van der Waals surface area contributed by atoms with Gasteiger partial charge < -0.3 is 20.1 Å². The molecule has 2 N–H and O–H groups in total. The molecule has 30 heavy (non-hydrogen) atoms.